The maximum absolute atomic E-state index is 12.8. The van der Waals surface area contributed by atoms with E-state index in [1.54, 1.807) is 6.92 Å². The molecule has 8 heteroatoms. The molecule has 1 aromatic rings. The van der Waals surface area contributed by atoms with Gasteiger partial charge in [-0.1, -0.05) is 6.07 Å². The summed E-state index contributed by atoms with van der Waals surface area (Å²) >= 11 is 0. The van der Waals surface area contributed by atoms with E-state index in [-0.39, 0.29) is 12.1 Å². The zero-order chi connectivity index (χ0) is 16.4. The van der Waals surface area contributed by atoms with Crippen LogP contribution >= 0.6 is 0 Å². The number of rotatable bonds is 5. The van der Waals surface area contributed by atoms with Crippen LogP contribution < -0.4 is 11.1 Å². The van der Waals surface area contributed by atoms with Crippen LogP contribution in [0, 0.1) is 6.92 Å². The van der Waals surface area contributed by atoms with E-state index in [1.807, 2.05) is 5.32 Å². The third kappa shape index (κ3) is 3.52. The van der Waals surface area contributed by atoms with Gasteiger partial charge in [-0.05, 0) is 37.1 Å². The van der Waals surface area contributed by atoms with Crippen molar-refractivity contribution in [2.45, 2.75) is 32.1 Å². The molecule has 0 aliphatic heterocycles. The summed E-state index contributed by atoms with van der Waals surface area (Å²) in [6.45, 7) is 1.84. The second-order valence-electron chi connectivity index (χ2n) is 4.79. The molecule has 0 saturated heterocycles. The molecule has 0 spiro atoms. The number of carbonyl (C=O) groups is 2. The monoisotopic (exact) mass is 304 g/mol. The fourth-order valence-corrected chi connectivity index (χ4v) is 1.62. The van der Waals surface area contributed by atoms with Crippen LogP contribution in [-0.2, 0) is 11.3 Å². The molecule has 116 valence electrons. The molecule has 1 amide bonds. The first-order chi connectivity index (χ1) is 9.49. The number of nitrogens with one attached hydrogen (secondary N) is 1. The summed E-state index contributed by atoms with van der Waals surface area (Å²) in [7, 11) is 0. The molecule has 0 aromatic heterocycles. The third-order valence-corrected chi connectivity index (χ3v) is 3.25. The molecule has 0 radical (unpaired) electrons. The van der Waals surface area contributed by atoms with Crippen molar-refractivity contribution in [1.82, 2.24) is 5.32 Å². The Labute approximate surface area is 118 Å². The van der Waals surface area contributed by atoms with Crippen molar-refractivity contribution >= 4 is 11.9 Å². The molecule has 0 aliphatic carbocycles. The maximum atomic E-state index is 12.8. The van der Waals surface area contributed by atoms with E-state index < -0.39 is 23.6 Å². The summed E-state index contributed by atoms with van der Waals surface area (Å²) in [5, 5.41) is 10.8. The molecule has 0 heterocycles. The smallest absolute Gasteiger partial charge is 0.417 e. The largest absolute Gasteiger partial charge is 0.480 e. The Morgan fingerprint density at radius 1 is 1.33 bits per heavy atom. The van der Waals surface area contributed by atoms with Gasteiger partial charge in [0.15, 0.2) is 0 Å². The highest BCUT2D eigenvalue weighted by Gasteiger charge is 2.57. The molecule has 21 heavy (non-hydrogen) atoms. The van der Waals surface area contributed by atoms with Crippen LogP contribution in [0.4, 0.5) is 13.2 Å². The highest BCUT2D eigenvalue weighted by atomic mass is 19.4. The second kappa shape index (κ2) is 5.72. The summed E-state index contributed by atoms with van der Waals surface area (Å²) < 4.78 is 38.5. The van der Waals surface area contributed by atoms with Crippen molar-refractivity contribution in [2.75, 3.05) is 0 Å². The van der Waals surface area contributed by atoms with Gasteiger partial charge in [0.2, 0.25) is 11.4 Å². The predicted molar refractivity (Wildman–Crippen MR) is 68.6 cm³/mol. The van der Waals surface area contributed by atoms with Crippen LogP contribution in [0.5, 0.6) is 0 Å². The quantitative estimate of drug-likeness (QED) is 0.770. The number of alkyl halides is 3. The minimum absolute atomic E-state index is 0.230. The zero-order valence-corrected chi connectivity index (χ0v) is 11.4. The van der Waals surface area contributed by atoms with E-state index >= 15 is 0 Å². The molecule has 1 atom stereocenters. The fraction of sp³-hybridized carbons (Fsp3) is 0.385. The van der Waals surface area contributed by atoms with Crippen LogP contribution in [0.25, 0.3) is 0 Å². The topological polar surface area (TPSA) is 92.4 Å². The number of hydrogen-bond acceptors (Lipinski definition) is 3. The number of amides is 1. The number of aliphatic carboxylic acids is 1. The van der Waals surface area contributed by atoms with Crippen molar-refractivity contribution in [3.05, 3.63) is 34.9 Å². The van der Waals surface area contributed by atoms with Gasteiger partial charge in [0.1, 0.15) is 0 Å². The van der Waals surface area contributed by atoms with Crippen LogP contribution in [0.1, 0.15) is 28.4 Å². The Morgan fingerprint density at radius 3 is 2.29 bits per heavy atom. The van der Waals surface area contributed by atoms with Gasteiger partial charge >= 0.3 is 12.1 Å². The van der Waals surface area contributed by atoms with Crippen LogP contribution in [0.3, 0.4) is 0 Å². The third-order valence-electron chi connectivity index (χ3n) is 3.25. The van der Waals surface area contributed by atoms with E-state index in [0.29, 0.717) is 18.1 Å². The SMILES string of the molecule is Cc1cc(C(N)=O)ccc1CNC(C)(C(=O)O)C(F)(F)F. The lowest BCUT2D eigenvalue weighted by Gasteiger charge is -2.29. The molecule has 1 unspecified atom stereocenters. The van der Waals surface area contributed by atoms with Gasteiger partial charge in [-0.15, -0.1) is 0 Å². The van der Waals surface area contributed by atoms with E-state index in [9.17, 15) is 22.8 Å². The zero-order valence-electron chi connectivity index (χ0n) is 11.4. The van der Waals surface area contributed by atoms with Crippen LogP contribution in [0.2, 0.25) is 0 Å². The molecule has 0 saturated carbocycles. The van der Waals surface area contributed by atoms with Gasteiger partial charge in [0.05, 0.1) is 0 Å². The van der Waals surface area contributed by atoms with E-state index in [0.717, 1.165) is 0 Å². The standard InChI is InChI=1S/C13H15F3N2O3/c1-7-5-8(10(17)19)3-4-9(7)6-18-12(2,11(20)21)13(14,15)16/h3-5,18H,6H2,1-2H3,(H2,17,19)(H,20,21). The van der Waals surface area contributed by atoms with Crippen molar-refractivity contribution in [3.8, 4) is 0 Å². The lowest BCUT2D eigenvalue weighted by atomic mass is 9.99. The summed E-state index contributed by atoms with van der Waals surface area (Å²) in [5.74, 6) is -2.66. The number of aryl methyl sites for hydroxylation is 1. The molecule has 1 rings (SSSR count). The number of carboxylic acids is 1. The first-order valence-corrected chi connectivity index (χ1v) is 5.93. The molecule has 0 fully saturated rings. The first-order valence-electron chi connectivity index (χ1n) is 5.93. The highest BCUT2D eigenvalue weighted by Crippen LogP contribution is 2.30. The Bertz CT molecular complexity index is 572. The Balaban J connectivity index is 2.97. The van der Waals surface area contributed by atoms with Gasteiger partial charge in [0.25, 0.3) is 0 Å². The average molecular weight is 304 g/mol. The van der Waals surface area contributed by atoms with Crippen LogP contribution in [-0.4, -0.2) is 28.7 Å². The summed E-state index contributed by atoms with van der Waals surface area (Å²) in [4.78, 5) is 21.9. The molecule has 5 nitrogen and oxygen atoms in total. The highest BCUT2D eigenvalue weighted by molar-refractivity contribution is 5.93. The molecular weight excluding hydrogens is 289 g/mol. The Morgan fingerprint density at radius 2 is 1.90 bits per heavy atom. The van der Waals surface area contributed by atoms with E-state index in [1.165, 1.54) is 18.2 Å². The first kappa shape index (κ1) is 17.0. The van der Waals surface area contributed by atoms with Gasteiger partial charge < -0.3 is 10.8 Å². The van der Waals surface area contributed by atoms with Gasteiger partial charge in [-0.25, -0.2) is 4.79 Å². The fourth-order valence-electron chi connectivity index (χ4n) is 1.62. The Hall–Kier alpha value is -2.09. The number of carbonyl (C=O) groups excluding carboxylic acids is 1. The normalized spacial score (nSPS) is 14.5. The predicted octanol–water partition coefficient (Wildman–Crippen LogP) is 1.59. The van der Waals surface area contributed by atoms with Gasteiger partial charge in [-0.3, -0.25) is 10.1 Å². The lowest BCUT2D eigenvalue weighted by Crippen LogP contribution is -2.59. The van der Waals surface area contributed by atoms with Crippen molar-refractivity contribution in [1.29, 1.82) is 0 Å². The minimum Gasteiger partial charge on any atom is -0.480 e. The number of carboxylic acid groups (broad SMARTS) is 1. The number of hydrogen-bond donors (Lipinski definition) is 3. The number of halogens is 3. The van der Waals surface area contributed by atoms with Crippen molar-refractivity contribution in [2.24, 2.45) is 5.73 Å². The summed E-state index contributed by atoms with van der Waals surface area (Å²) in [6.07, 6.45) is -4.94. The summed E-state index contributed by atoms with van der Waals surface area (Å²) in [5.41, 5.74) is 3.24. The maximum Gasteiger partial charge on any atom is 0.417 e. The van der Waals surface area contributed by atoms with Crippen molar-refractivity contribution < 1.29 is 27.9 Å². The Kier molecular flexibility index (Phi) is 4.62. The van der Waals surface area contributed by atoms with Crippen molar-refractivity contribution in [3.63, 3.8) is 0 Å². The average Bonchev–Trinajstić information content (AvgIpc) is 2.34. The molecule has 1 aromatic carbocycles. The number of benzene rings is 1. The molecule has 0 bridgehead atoms. The number of nitrogens with two attached hydrogens (primary N) is 1. The lowest BCUT2D eigenvalue weighted by molar-refractivity contribution is -0.206. The van der Waals surface area contributed by atoms with Gasteiger partial charge in [-0.2, -0.15) is 13.2 Å². The van der Waals surface area contributed by atoms with E-state index in [2.05, 4.69) is 0 Å². The minimum atomic E-state index is -4.94. The molecular formula is C13H15F3N2O3. The van der Waals surface area contributed by atoms with Gasteiger partial charge in [0, 0.05) is 12.1 Å². The van der Waals surface area contributed by atoms with Crippen LogP contribution in [0.15, 0.2) is 18.2 Å². The molecule has 0 aliphatic rings. The summed E-state index contributed by atoms with van der Waals surface area (Å²) in [6, 6.07) is 4.24. The number of primary amides is 1. The van der Waals surface area contributed by atoms with E-state index in [4.69, 9.17) is 10.8 Å². The molecule has 4 N–H and O–H groups in total. The second-order valence-corrected chi connectivity index (χ2v) is 4.79.